The Kier molecular flexibility index (Phi) is 3.57. The van der Waals surface area contributed by atoms with Gasteiger partial charge in [0.05, 0.1) is 16.3 Å². The number of thiazole rings is 1. The van der Waals surface area contributed by atoms with Crippen LogP contribution in [-0.4, -0.2) is 27.0 Å². The smallest absolute Gasteiger partial charge is 0.335 e. The molecule has 2 rings (SSSR count). The number of nitrogens with zero attached hydrogens (tertiary/aromatic N) is 2. The van der Waals surface area contributed by atoms with Gasteiger partial charge in [-0.15, -0.1) is 11.3 Å². The summed E-state index contributed by atoms with van der Waals surface area (Å²) in [5.74, 6) is -1.20. The number of aromatic nitrogens is 2. The Morgan fingerprint density at radius 1 is 1.37 bits per heavy atom. The number of carbonyl (C=O) groups is 2. The fourth-order valence-corrected chi connectivity index (χ4v) is 2.36. The number of carbonyl (C=O) groups excluding carboxylic acids is 1. The van der Waals surface area contributed by atoms with Crippen molar-refractivity contribution in [3.63, 3.8) is 0 Å². The maximum Gasteiger partial charge on any atom is 0.335 e. The second kappa shape index (κ2) is 5.15. The summed E-state index contributed by atoms with van der Waals surface area (Å²) < 4.78 is 0. The van der Waals surface area contributed by atoms with Crippen molar-refractivity contribution in [1.82, 2.24) is 9.97 Å². The number of amides is 1. The molecule has 0 fully saturated rings. The van der Waals surface area contributed by atoms with E-state index in [4.69, 9.17) is 5.11 Å². The molecule has 19 heavy (non-hydrogen) atoms. The maximum absolute atomic E-state index is 12.0. The first kappa shape index (κ1) is 13.2. The van der Waals surface area contributed by atoms with E-state index in [0.717, 1.165) is 5.01 Å². The van der Waals surface area contributed by atoms with E-state index in [2.05, 4.69) is 15.3 Å². The summed E-state index contributed by atoms with van der Waals surface area (Å²) in [5.41, 5.74) is 0.719. The molecule has 0 radical (unpaired) electrons. The summed E-state index contributed by atoms with van der Waals surface area (Å²) in [5, 5.41) is 12.2. The van der Waals surface area contributed by atoms with Crippen LogP contribution in [0.4, 0.5) is 5.82 Å². The van der Waals surface area contributed by atoms with E-state index in [0.29, 0.717) is 10.6 Å². The number of rotatable bonds is 3. The third-order valence-electron chi connectivity index (χ3n) is 2.36. The van der Waals surface area contributed by atoms with Crippen LogP contribution in [0.2, 0.25) is 0 Å². The number of aryl methyl sites for hydroxylation is 2. The number of anilines is 1. The first-order valence-electron chi connectivity index (χ1n) is 5.42. The molecule has 0 saturated carbocycles. The highest BCUT2D eigenvalue weighted by molar-refractivity contribution is 7.13. The summed E-state index contributed by atoms with van der Waals surface area (Å²) in [6.07, 6.45) is 1.34. The molecule has 2 aromatic heterocycles. The average Bonchev–Trinajstić information content (AvgIpc) is 2.69. The van der Waals surface area contributed by atoms with E-state index in [1.807, 2.05) is 6.92 Å². The third kappa shape index (κ3) is 2.94. The highest BCUT2D eigenvalue weighted by Gasteiger charge is 2.15. The zero-order chi connectivity index (χ0) is 14.0. The Bertz CT molecular complexity index is 651. The van der Waals surface area contributed by atoms with Gasteiger partial charge < -0.3 is 10.4 Å². The quantitative estimate of drug-likeness (QED) is 0.896. The molecule has 0 aliphatic heterocycles. The Hall–Kier alpha value is -2.28. The number of aromatic carboxylic acids is 1. The molecule has 0 atom stereocenters. The number of carboxylic acids is 1. The maximum atomic E-state index is 12.0. The van der Waals surface area contributed by atoms with Gasteiger partial charge in [-0.25, -0.2) is 14.8 Å². The zero-order valence-corrected chi connectivity index (χ0v) is 11.1. The lowest BCUT2D eigenvalue weighted by atomic mass is 10.2. The first-order valence-corrected chi connectivity index (χ1v) is 6.23. The van der Waals surface area contributed by atoms with Crippen LogP contribution in [0, 0.1) is 13.8 Å². The van der Waals surface area contributed by atoms with E-state index in [1.165, 1.54) is 29.7 Å². The Balaban J connectivity index is 2.21. The van der Waals surface area contributed by atoms with Gasteiger partial charge in [0.25, 0.3) is 5.91 Å². The number of pyridine rings is 1. The van der Waals surface area contributed by atoms with E-state index >= 15 is 0 Å². The minimum absolute atomic E-state index is 0.0718. The summed E-state index contributed by atoms with van der Waals surface area (Å²) in [4.78, 5) is 31.4. The average molecular weight is 277 g/mol. The molecule has 2 aromatic rings. The van der Waals surface area contributed by atoms with E-state index in [-0.39, 0.29) is 17.3 Å². The van der Waals surface area contributed by atoms with Crippen LogP contribution in [0.1, 0.15) is 30.7 Å². The standard InChI is InChI=1S/C12H11N3O3S/c1-6-10(19-7(2)14-6)11(16)15-9-5-8(12(17)18)3-4-13-9/h3-5H,1-2H3,(H,17,18)(H,13,15,16). The largest absolute Gasteiger partial charge is 0.478 e. The van der Waals surface area contributed by atoms with E-state index in [1.54, 1.807) is 6.92 Å². The monoisotopic (exact) mass is 277 g/mol. The molecule has 0 aromatic carbocycles. The molecule has 0 spiro atoms. The summed E-state index contributed by atoms with van der Waals surface area (Å²) in [6, 6.07) is 2.67. The fraction of sp³-hybridized carbons (Fsp3) is 0.167. The van der Waals surface area contributed by atoms with Crippen molar-refractivity contribution in [2.45, 2.75) is 13.8 Å². The van der Waals surface area contributed by atoms with Gasteiger partial charge in [0.2, 0.25) is 0 Å². The van der Waals surface area contributed by atoms with Gasteiger partial charge in [0.15, 0.2) is 0 Å². The van der Waals surface area contributed by atoms with Gasteiger partial charge in [-0.2, -0.15) is 0 Å². The third-order valence-corrected chi connectivity index (χ3v) is 3.43. The van der Waals surface area contributed by atoms with Crippen LogP contribution < -0.4 is 5.32 Å². The lowest BCUT2D eigenvalue weighted by molar-refractivity contribution is 0.0696. The summed E-state index contributed by atoms with van der Waals surface area (Å²) in [6.45, 7) is 3.57. The SMILES string of the molecule is Cc1nc(C)c(C(=O)Nc2cc(C(=O)O)ccn2)s1. The van der Waals surface area contributed by atoms with Crippen molar-refractivity contribution < 1.29 is 14.7 Å². The van der Waals surface area contributed by atoms with Crippen LogP contribution >= 0.6 is 11.3 Å². The second-order valence-electron chi connectivity index (χ2n) is 3.84. The van der Waals surface area contributed by atoms with Crippen molar-refractivity contribution in [1.29, 1.82) is 0 Å². The predicted octanol–water partition coefficient (Wildman–Crippen LogP) is 2.11. The number of hydrogen-bond donors (Lipinski definition) is 2. The van der Waals surface area contributed by atoms with Crippen LogP contribution in [-0.2, 0) is 0 Å². The number of hydrogen-bond acceptors (Lipinski definition) is 5. The molecule has 98 valence electrons. The molecule has 0 aliphatic rings. The number of carboxylic acid groups (broad SMARTS) is 1. The van der Waals surface area contributed by atoms with Crippen LogP contribution in [0.25, 0.3) is 0 Å². The van der Waals surface area contributed by atoms with Crippen molar-refractivity contribution in [3.05, 3.63) is 39.5 Å². The van der Waals surface area contributed by atoms with Crippen molar-refractivity contribution in [2.75, 3.05) is 5.32 Å². The molecule has 2 heterocycles. The molecular weight excluding hydrogens is 266 g/mol. The molecule has 7 heteroatoms. The Morgan fingerprint density at radius 2 is 2.11 bits per heavy atom. The highest BCUT2D eigenvalue weighted by atomic mass is 32.1. The molecular formula is C12H11N3O3S. The molecule has 0 bridgehead atoms. The Morgan fingerprint density at radius 3 is 2.68 bits per heavy atom. The van der Waals surface area contributed by atoms with Crippen LogP contribution in [0.5, 0.6) is 0 Å². The molecule has 6 nitrogen and oxygen atoms in total. The van der Waals surface area contributed by atoms with Gasteiger partial charge >= 0.3 is 5.97 Å². The van der Waals surface area contributed by atoms with Crippen LogP contribution in [0.15, 0.2) is 18.3 Å². The number of nitrogens with one attached hydrogen (secondary N) is 1. The Labute approximate surface area is 113 Å². The predicted molar refractivity (Wildman–Crippen MR) is 70.7 cm³/mol. The molecule has 1 amide bonds. The molecule has 2 N–H and O–H groups in total. The van der Waals surface area contributed by atoms with Gasteiger partial charge in [-0.1, -0.05) is 0 Å². The van der Waals surface area contributed by atoms with Gasteiger partial charge in [-0.3, -0.25) is 4.79 Å². The van der Waals surface area contributed by atoms with Crippen molar-refractivity contribution >= 4 is 29.0 Å². The normalized spacial score (nSPS) is 10.2. The first-order chi connectivity index (χ1) is 8.97. The molecule has 0 saturated heterocycles. The molecule has 0 unspecified atom stereocenters. The van der Waals surface area contributed by atoms with Gasteiger partial charge in [0, 0.05) is 6.20 Å². The van der Waals surface area contributed by atoms with Crippen molar-refractivity contribution in [3.8, 4) is 0 Å². The highest BCUT2D eigenvalue weighted by Crippen LogP contribution is 2.18. The van der Waals surface area contributed by atoms with Crippen molar-refractivity contribution in [2.24, 2.45) is 0 Å². The minimum Gasteiger partial charge on any atom is -0.478 e. The topological polar surface area (TPSA) is 92.2 Å². The summed E-state index contributed by atoms with van der Waals surface area (Å²) in [7, 11) is 0. The lowest BCUT2D eigenvalue weighted by Gasteiger charge is -2.03. The van der Waals surface area contributed by atoms with Gasteiger partial charge in [-0.05, 0) is 26.0 Å². The minimum atomic E-state index is -1.07. The van der Waals surface area contributed by atoms with E-state index < -0.39 is 5.97 Å². The zero-order valence-electron chi connectivity index (χ0n) is 10.3. The molecule has 0 aliphatic carbocycles. The van der Waals surface area contributed by atoms with E-state index in [9.17, 15) is 9.59 Å². The van der Waals surface area contributed by atoms with Gasteiger partial charge in [0.1, 0.15) is 10.7 Å². The fourth-order valence-electron chi connectivity index (χ4n) is 1.55. The van der Waals surface area contributed by atoms with Crippen LogP contribution in [0.3, 0.4) is 0 Å². The lowest BCUT2D eigenvalue weighted by Crippen LogP contribution is -2.13. The second-order valence-corrected chi connectivity index (χ2v) is 5.04. The summed E-state index contributed by atoms with van der Waals surface area (Å²) >= 11 is 1.28.